The molecule has 0 aromatic carbocycles. The molecule has 2 saturated heterocycles. The average Bonchev–Trinajstić information content (AvgIpc) is 3.01. The predicted molar refractivity (Wildman–Crippen MR) is 79.9 cm³/mol. The summed E-state index contributed by atoms with van der Waals surface area (Å²) in [5.41, 5.74) is 0. The average molecular weight is 294 g/mol. The maximum Gasteiger partial charge on any atom is 0.232 e. The van der Waals surface area contributed by atoms with Gasteiger partial charge in [-0.1, -0.05) is 0 Å². The summed E-state index contributed by atoms with van der Waals surface area (Å²) in [4.78, 5) is 15.6. The van der Waals surface area contributed by atoms with Gasteiger partial charge in [-0.3, -0.25) is 0 Å². The lowest BCUT2D eigenvalue weighted by molar-refractivity contribution is 0.122. The molecule has 1 aromatic rings. The summed E-state index contributed by atoms with van der Waals surface area (Å²) in [6, 6.07) is 0.277. The van der Waals surface area contributed by atoms with Crippen molar-refractivity contribution < 1.29 is 9.47 Å². The smallest absolute Gasteiger partial charge is 0.232 e. The fraction of sp³-hybridized carbons (Fsp3) is 0.769. The van der Waals surface area contributed by atoms with Crippen molar-refractivity contribution in [1.82, 2.24) is 15.0 Å². The van der Waals surface area contributed by atoms with Gasteiger partial charge in [0.15, 0.2) is 0 Å². The molecule has 2 fully saturated rings. The Morgan fingerprint density at radius 3 is 2.62 bits per heavy atom. The standard InChI is InChI=1S/C13H22N6O2/c1-2-14-11-16-12(15-10-3-6-21-9-10)18-13(17-11)19-4-7-20-8-5-19/h10H,2-9H2,1H3,(H2,14,15,16,17,18). The number of ether oxygens (including phenoxy) is 2. The summed E-state index contributed by atoms with van der Waals surface area (Å²) >= 11 is 0. The van der Waals surface area contributed by atoms with Gasteiger partial charge in [0.1, 0.15) is 0 Å². The third-order valence-corrected chi connectivity index (χ3v) is 3.52. The molecule has 0 spiro atoms. The van der Waals surface area contributed by atoms with Crippen LogP contribution >= 0.6 is 0 Å². The number of nitrogens with one attached hydrogen (secondary N) is 2. The van der Waals surface area contributed by atoms with Crippen LogP contribution in [0.25, 0.3) is 0 Å². The number of morpholine rings is 1. The SMILES string of the molecule is CCNc1nc(NC2CCOC2)nc(N2CCOCC2)n1. The van der Waals surface area contributed by atoms with Crippen molar-refractivity contribution in [1.29, 1.82) is 0 Å². The van der Waals surface area contributed by atoms with Gasteiger partial charge in [-0.2, -0.15) is 15.0 Å². The molecule has 2 aliphatic heterocycles. The third-order valence-electron chi connectivity index (χ3n) is 3.52. The molecule has 116 valence electrons. The quantitative estimate of drug-likeness (QED) is 0.804. The molecule has 2 aliphatic rings. The molecule has 1 aromatic heterocycles. The number of nitrogens with zero attached hydrogens (tertiary/aromatic N) is 4. The highest BCUT2D eigenvalue weighted by Gasteiger charge is 2.20. The Kier molecular flexibility index (Phi) is 4.66. The second-order valence-corrected chi connectivity index (χ2v) is 5.12. The van der Waals surface area contributed by atoms with Crippen molar-refractivity contribution in [3.63, 3.8) is 0 Å². The fourth-order valence-electron chi connectivity index (χ4n) is 2.40. The van der Waals surface area contributed by atoms with Gasteiger partial charge >= 0.3 is 0 Å². The van der Waals surface area contributed by atoms with Gasteiger partial charge in [0, 0.05) is 26.2 Å². The van der Waals surface area contributed by atoms with Gasteiger partial charge in [0.05, 0.1) is 25.9 Å². The van der Waals surface area contributed by atoms with E-state index in [1.165, 1.54) is 0 Å². The Labute approximate surface area is 124 Å². The van der Waals surface area contributed by atoms with E-state index in [1.54, 1.807) is 0 Å². The van der Waals surface area contributed by atoms with Crippen molar-refractivity contribution >= 4 is 17.8 Å². The van der Waals surface area contributed by atoms with Crippen LogP contribution < -0.4 is 15.5 Å². The Bertz CT molecular complexity index is 460. The van der Waals surface area contributed by atoms with Crippen LogP contribution in [0.15, 0.2) is 0 Å². The monoisotopic (exact) mass is 294 g/mol. The number of aromatic nitrogens is 3. The second kappa shape index (κ2) is 6.86. The van der Waals surface area contributed by atoms with Crippen LogP contribution in [-0.4, -0.2) is 67.1 Å². The molecule has 8 heteroatoms. The van der Waals surface area contributed by atoms with Crippen LogP contribution in [0.2, 0.25) is 0 Å². The van der Waals surface area contributed by atoms with Gasteiger partial charge in [-0.15, -0.1) is 0 Å². The normalized spacial score (nSPS) is 22.3. The number of hydrogen-bond donors (Lipinski definition) is 2. The predicted octanol–water partition coefficient (Wildman–Crippen LogP) is 0.341. The van der Waals surface area contributed by atoms with E-state index in [4.69, 9.17) is 9.47 Å². The van der Waals surface area contributed by atoms with E-state index in [0.717, 1.165) is 32.7 Å². The fourth-order valence-corrected chi connectivity index (χ4v) is 2.40. The first-order chi connectivity index (χ1) is 10.3. The van der Waals surface area contributed by atoms with E-state index in [9.17, 15) is 0 Å². The summed E-state index contributed by atoms with van der Waals surface area (Å²) in [5, 5.41) is 6.49. The lowest BCUT2D eigenvalue weighted by atomic mass is 10.3. The molecule has 1 atom stereocenters. The lowest BCUT2D eigenvalue weighted by Crippen LogP contribution is -2.37. The molecule has 2 N–H and O–H groups in total. The largest absolute Gasteiger partial charge is 0.379 e. The molecule has 0 radical (unpaired) electrons. The van der Waals surface area contributed by atoms with Crippen molar-refractivity contribution in [3.05, 3.63) is 0 Å². The highest BCUT2D eigenvalue weighted by atomic mass is 16.5. The van der Waals surface area contributed by atoms with Crippen LogP contribution in [0.5, 0.6) is 0 Å². The van der Waals surface area contributed by atoms with Crippen molar-refractivity contribution in [2.45, 2.75) is 19.4 Å². The Morgan fingerprint density at radius 1 is 1.10 bits per heavy atom. The Hall–Kier alpha value is -1.67. The number of anilines is 3. The van der Waals surface area contributed by atoms with E-state index in [-0.39, 0.29) is 6.04 Å². The summed E-state index contributed by atoms with van der Waals surface area (Å²) in [6.45, 7) is 7.33. The molecule has 0 bridgehead atoms. The van der Waals surface area contributed by atoms with E-state index >= 15 is 0 Å². The van der Waals surface area contributed by atoms with E-state index in [2.05, 4.69) is 30.5 Å². The zero-order valence-corrected chi connectivity index (χ0v) is 12.3. The Balaban J connectivity index is 1.78. The van der Waals surface area contributed by atoms with E-state index in [0.29, 0.717) is 37.7 Å². The molecule has 21 heavy (non-hydrogen) atoms. The zero-order valence-electron chi connectivity index (χ0n) is 12.3. The van der Waals surface area contributed by atoms with Crippen molar-refractivity contribution in [3.8, 4) is 0 Å². The highest BCUT2D eigenvalue weighted by molar-refractivity contribution is 5.44. The van der Waals surface area contributed by atoms with Crippen LogP contribution in [0.1, 0.15) is 13.3 Å². The van der Waals surface area contributed by atoms with Gasteiger partial charge in [-0.25, -0.2) is 0 Å². The minimum Gasteiger partial charge on any atom is -0.379 e. The minimum absolute atomic E-state index is 0.277. The molecule has 3 rings (SSSR count). The van der Waals surface area contributed by atoms with Crippen LogP contribution in [-0.2, 0) is 9.47 Å². The first-order valence-electron chi connectivity index (χ1n) is 7.52. The molecule has 0 amide bonds. The maximum atomic E-state index is 5.38. The first-order valence-corrected chi connectivity index (χ1v) is 7.52. The lowest BCUT2D eigenvalue weighted by Gasteiger charge is -2.27. The molecule has 8 nitrogen and oxygen atoms in total. The summed E-state index contributed by atoms with van der Waals surface area (Å²) in [5.74, 6) is 1.92. The van der Waals surface area contributed by atoms with Crippen LogP contribution in [0.3, 0.4) is 0 Å². The van der Waals surface area contributed by atoms with Crippen molar-refractivity contribution in [2.24, 2.45) is 0 Å². The summed E-state index contributed by atoms with van der Waals surface area (Å²) in [6.07, 6.45) is 0.981. The van der Waals surface area contributed by atoms with E-state index < -0.39 is 0 Å². The molecule has 0 aliphatic carbocycles. The second-order valence-electron chi connectivity index (χ2n) is 5.12. The third kappa shape index (κ3) is 3.70. The topological polar surface area (TPSA) is 84.4 Å². The van der Waals surface area contributed by atoms with E-state index in [1.807, 2.05) is 6.92 Å². The number of hydrogen-bond acceptors (Lipinski definition) is 8. The first kappa shape index (κ1) is 14.3. The zero-order chi connectivity index (χ0) is 14.5. The molecular weight excluding hydrogens is 272 g/mol. The highest BCUT2D eigenvalue weighted by Crippen LogP contribution is 2.17. The molecule has 3 heterocycles. The molecule has 0 saturated carbocycles. The maximum absolute atomic E-state index is 5.38. The Morgan fingerprint density at radius 2 is 1.90 bits per heavy atom. The van der Waals surface area contributed by atoms with Gasteiger partial charge in [0.25, 0.3) is 0 Å². The van der Waals surface area contributed by atoms with Gasteiger partial charge in [0.2, 0.25) is 17.8 Å². The van der Waals surface area contributed by atoms with Gasteiger partial charge < -0.3 is 25.0 Å². The van der Waals surface area contributed by atoms with Gasteiger partial charge in [-0.05, 0) is 13.3 Å². The molecule has 1 unspecified atom stereocenters. The van der Waals surface area contributed by atoms with Crippen LogP contribution in [0, 0.1) is 0 Å². The summed E-state index contributed by atoms with van der Waals surface area (Å²) in [7, 11) is 0. The van der Waals surface area contributed by atoms with Crippen molar-refractivity contribution in [2.75, 3.05) is 61.6 Å². The van der Waals surface area contributed by atoms with Crippen LogP contribution in [0.4, 0.5) is 17.8 Å². The summed E-state index contributed by atoms with van der Waals surface area (Å²) < 4.78 is 10.8. The minimum atomic E-state index is 0.277. The molecular formula is C13H22N6O2. The number of rotatable bonds is 5.